The summed E-state index contributed by atoms with van der Waals surface area (Å²) in [6.07, 6.45) is 2.23. The van der Waals surface area contributed by atoms with E-state index in [4.69, 9.17) is 4.78 Å². The van der Waals surface area contributed by atoms with Crippen molar-refractivity contribution in [3.8, 4) is 0 Å². The van der Waals surface area contributed by atoms with Gasteiger partial charge in [-0.05, 0) is 12.8 Å². The van der Waals surface area contributed by atoms with Crippen molar-refractivity contribution in [2.75, 3.05) is 11.5 Å². The van der Waals surface area contributed by atoms with Crippen LogP contribution in [0.2, 0.25) is 0 Å². The molecule has 0 bridgehead atoms. The highest BCUT2D eigenvalue weighted by molar-refractivity contribution is 8.00. The fourth-order valence-corrected chi connectivity index (χ4v) is 3.45. The van der Waals surface area contributed by atoms with Gasteiger partial charge in [-0.2, -0.15) is 11.8 Å². The molecule has 1 saturated heterocycles. The Morgan fingerprint density at radius 1 is 1.62 bits per heavy atom. The van der Waals surface area contributed by atoms with E-state index in [2.05, 4.69) is 11.6 Å². The molecular formula is C8H18N2OS2. The van der Waals surface area contributed by atoms with Gasteiger partial charge in [0.05, 0.1) is 0 Å². The highest BCUT2D eigenvalue weighted by Crippen LogP contribution is 2.25. The fourth-order valence-electron chi connectivity index (χ4n) is 1.33. The van der Waals surface area contributed by atoms with E-state index >= 15 is 0 Å². The van der Waals surface area contributed by atoms with Gasteiger partial charge in [0.25, 0.3) is 0 Å². The van der Waals surface area contributed by atoms with E-state index < -0.39 is 9.92 Å². The Bertz CT molecular complexity index is 243. The molecule has 0 aromatic rings. The van der Waals surface area contributed by atoms with Crippen molar-refractivity contribution in [2.45, 2.75) is 38.0 Å². The first-order valence-corrected chi connectivity index (χ1v) is 7.46. The van der Waals surface area contributed by atoms with E-state index in [1.807, 2.05) is 11.8 Å². The monoisotopic (exact) mass is 222 g/mol. The van der Waals surface area contributed by atoms with Gasteiger partial charge in [0.1, 0.15) is 9.92 Å². The lowest BCUT2D eigenvalue weighted by Gasteiger charge is -2.26. The van der Waals surface area contributed by atoms with Crippen LogP contribution in [0.15, 0.2) is 0 Å². The van der Waals surface area contributed by atoms with Crippen LogP contribution in [0.5, 0.6) is 0 Å². The lowest BCUT2D eigenvalue weighted by Crippen LogP contribution is -2.39. The minimum Gasteiger partial charge on any atom is -0.240 e. The summed E-state index contributed by atoms with van der Waals surface area (Å²) in [6.45, 7) is 4.01. The Morgan fingerprint density at radius 3 is 2.77 bits per heavy atom. The number of hydrogen-bond donors (Lipinski definition) is 2. The predicted molar refractivity (Wildman–Crippen MR) is 59.5 cm³/mol. The summed E-state index contributed by atoms with van der Waals surface area (Å²) in [5.74, 6) is 1.40. The van der Waals surface area contributed by atoms with Gasteiger partial charge in [0.2, 0.25) is 0 Å². The zero-order valence-electron chi connectivity index (χ0n) is 8.21. The van der Waals surface area contributed by atoms with E-state index in [1.165, 1.54) is 6.42 Å². The third-order valence-corrected chi connectivity index (χ3v) is 5.19. The molecule has 1 heterocycles. The summed E-state index contributed by atoms with van der Waals surface area (Å²) in [4.78, 5) is 0. The first kappa shape index (κ1) is 11.3. The summed E-state index contributed by atoms with van der Waals surface area (Å²) in [6, 6.07) is 0.283. The molecule has 0 amide bonds. The topological polar surface area (TPSA) is 53.0 Å². The van der Waals surface area contributed by atoms with Crippen molar-refractivity contribution < 1.29 is 4.21 Å². The van der Waals surface area contributed by atoms with Crippen LogP contribution >= 0.6 is 11.8 Å². The molecule has 0 aromatic carbocycles. The third-order valence-electron chi connectivity index (χ3n) is 2.27. The van der Waals surface area contributed by atoms with Gasteiger partial charge in [-0.1, -0.05) is 13.8 Å². The predicted octanol–water partition coefficient (Wildman–Crippen LogP) is 1.84. The van der Waals surface area contributed by atoms with Gasteiger partial charge < -0.3 is 0 Å². The van der Waals surface area contributed by atoms with Crippen LogP contribution in [0.25, 0.3) is 0 Å². The van der Waals surface area contributed by atoms with Crippen LogP contribution in [0, 0.1) is 4.78 Å². The van der Waals surface area contributed by atoms with Crippen LogP contribution < -0.4 is 4.72 Å². The maximum atomic E-state index is 11.5. The SMILES string of the molecule is CCS(=N)(=O)NC1CCC(C)SC1. The second-order valence-electron chi connectivity index (χ2n) is 3.50. The van der Waals surface area contributed by atoms with E-state index in [-0.39, 0.29) is 6.04 Å². The number of hydrogen-bond acceptors (Lipinski definition) is 3. The lowest BCUT2D eigenvalue weighted by molar-refractivity contribution is 0.561. The summed E-state index contributed by atoms with van der Waals surface area (Å²) in [7, 11) is -2.50. The van der Waals surface area contributed by atoms with Crippen molar-refractivity contribution in [1.29, 1.82) is 4.78 Å². The molecule has 0 saturated carbocycles. The summed E-state index contributed by atoms with van der Waals surface area (Å²) in [5, 5.41) is 0.724. The molecule has 5 heteroatoms. The Labute approximate surface area is 85.2 Å². The molecule has 3 nitrogen and oxygen atoms in total. The Morgan fingerprint density at radius 2 is 2.31 bits per heavy atom. The maximum Gasteiger partial charge on any atom is 0.105 e. The molecule has 0 aliphatic carbocycles. The first-order chi connectivity index (χ1) is 6.03. The summed E-state index contributed by atoms with van der Waals surface area (Å²) < 4.78 is 21.9. The van der Waals surface area contributed by atoms with E-state index in [0.717, 1.165) is 17.4 Å². The molecule has 78 valence electrons. The molecule has 0 aromatic heterocycles. The summed E-state index contributed by atoms with van der Waals surface area (Å²) >= 11 is 1.91. The number of rotatable bonds is 3. The number of nitrogens with one attached hydrogen (secondary N) is 2. The third kappa shape index (κ3) is 3.87. The minimum absolute atomic E-state index is 0.283. The average Bonchev–Trinajstić information content (AvgIpc) is 2.09. The van der Waals surface area contributed by atoms with Crippen LogP contribution in [-0.4, -0.2) is 27.0 Å². The molecule has 1 aliphatic rings. The molecule has 3 unspecified atom stereocenters. The normalized spacial score (nSPS) is 34.0. The molecule has 3 atom stereocenters. The van der Waals surface area contributed by atoms with Crippen LogP contribution in [0.4, 0.5) is 0 Å². The quantitative estimate of drug-likeness (QED) is 0.765. The Kier molecular flexibility index (Phi) is 4.06. The van der Waals surface area contributed by atoms with Crippen LogP contribution in [0.3, 0.4) is 0 Å². The standard InChI is InChI=1S/C8H18N2OS2/c1-3-13(9,11)10-8-5-4-7(2)12-6-8/h7-8H,3-6H2,1-2H3,(H2,9,10,11). The van der Waals surface area contributed by atoms with Crippen molar-refractivity contribution >= 4 is 21.7 Å². The molecule has 2 N–H and O–H groups in total. The minimum atomic E-state index is -2.50. The van der Waals surface area contributed by atoms with Crippen LogP contribution in [0.1, 0.15) is 26.7 Å². The van der Waals surface area contributed by atoms with Gasteiger partial charge in [-0.15, -0.1) is 0 Å². The molecule has 1 rings (SSSR count). The van der Waals surface area contributed by atoms with Crippen molar-refractivity contribution in [3.05, 3.63) is 0 Å². The zero-order valence-corrected chi connectivity index (χ0v) is 9.84. The number of thioether (sulfide) groups is 1. The molecule has 1 fully saturated rings. The molecular weight excluding hydrogens is 204 g/mol. The van der Waals surface area contributed by atoms with E-state index in [9.17, 15) is 4.21 Å². The maximum absolute atomic E-state index is 11.5. The molecule has 1 aliphatic heterocycles. The second-order valence-corrected chi connectivity index (χ2v) is 7.13. The van der Waals surface area contributed by atoms with Crippen LogP contribution in [-0.2, 0) is 9.92 Å². The van der Waals surface area contributed by atoms with Gasteiger partial charge >= 0.3 is 0 Å². The van der Waals surface area contributed by atoms with Crippen molar-refractivity contribution in [3.63, 3.8) is 0 Å². The van der Waals surface area contributed by atoms with Gasteiger partial charge in [-0.3, -0.25) is 0 Å². The van der Waals surface area contributed by atoms with Gasteiger partial charge in [0.15, 0.2) is 0 Å². The highest BCUT2D eigenvalue weighted by atomic mass is 32.2. The Balaban J connectivity index is 2.39. The van der Waals surface area contributed by atoms with Crippen molar-refractivity contribution in [1.82, 2.24) is 4.72 Å². The van der Waals surface area contributed by atoms with Gasteiger partial charge in [-0.25, -0.2) is 13.7 Å². The fraction of sp³-hybridized carbons (Fsp3) is 1.00. The van der Waals surface area contributed by atoms with Gasteiger partial charge in [0, 0.05) is 22.8 Å². The Hall–Kier alpha value is 0.260. The molecule has 0 radical (unpaired) electrons. The smallest absolute Gasteiger partial charge is 0.105 e. The largest absolute Gasteiger partial charge is 0.240 e. The lowest BCUT2D eigenvalue weighted by atomic mass is 10.1. The van der Waals surface area contributed by atoms with Crippen molar-refractivity contribution in [2.24, 2.45) is 0 Å². The first-order valence-electron chi connectivity index (χ1n) is 4.69. The van der Waals surface area contributed by atoms with E-state index in [1.54, 1.807) is 6.92 Å². The highest BCUT2D eigenvalue weighted by Gasteiger charge is 2.20. The zero-order chi connectivity index (χ0) is 9.90. The molecule has 0 spiro atoms. The summed E-state index contributed by atoms with van der Waals surface area (Å²) in [5.41, 5.74) is 0. The molecule has 13 heavy (non-hydrogen) atoms. The average molecular weight is 222 g/mol. The second kappa shape index (κ2) is 4.66. The van der Waals surface area contributed by atoms with E-state index in [0.29, 0.717) is 5.75 Å².